The number of amidine groups is 1. The van der Waals surface area contributed by atoms with Gasteiger partial charge >= 0.3 is 6.03 Å². The van der Waals surface area contributed by atoms with E-state index in [0.717, 1.165) is 25.7 Å². The Balaban J connectivity index is 2.73. The van der Waals surface area contributed by atoms with Crippen LogP contribution in [0.4, 0.5) is 4.79 Å². The van der Waals surface area contributed by atoms with Gasteiger partial charge < -0.3 is 20.7 Å². The van der Waals surface area contributed by atoms with E-state index >= 15 is 0 Å². The molecule has 17 heavy (non-hydrogen) atoms. The third-order valence-corrected chi connectivity index (χ3v) is 3.27. The minimum atomic E-state index is -0.0500. The van der Waals surface area contributed by atoms with Gasteiger partial charge in [0.1, 0.15) is 0 Å². The fourth-order valence-electron chi connectivity index (χ4n) is 2.13. The van der Waals surface area contributed by atoms with Crippen molar-refractivity contribution in [3.63, 3.8) is 0 Å². The van der Waals surface area contributed by atoms with Crippen LogP contribution >= 0.6 is 0 Å². The van der Waals surface area contributed by atoms with Gasteiger partial charge in [-0.15, -0.1) is 0 Å². The van der Waals surface area contributed by atoms with Crippen LogP contribution in [-0.2, 0) is 0 Å². The van der Waals surface area contributed by atoms with Crippen molar-refractivity contribution in [3.05, 3.63) is 0 Å². The molecule has 0 unspecified atom stereocenters. The zero-order valence-electron chi connectivity index (χ0n) is 10.6. The van der Waals surface area contributed by atoms with Gasteiger partial charge in [0.2, 0.25) is 0 Å². The van der Waals surface area contributed by atoms with Gasteiger partial charge in [0, 0.05) is 19.6 Å². The molecule has 1 fully saturated rings. The second kappa shape index (κ2) is 6.32. The monoisotopic (exact) mass is 242 g/mol. The van der Waals surface area contributed by atoms with Crippen molar-refractivity contribution in [2.45, 2.75) is 38.6 Å². The standard InChI is InChI=1S/C11H22N4O2/c1-3-14(2)11(16)15(8-10(12)13-17)9-6-4-5-7-9/h9,17H,3-8H2,1-2H3,(H2,12,13). The molecule has 3 N–H and O–H groups in total. The number of oxime groups is 1. The predicted octanol–water partition coefficient (Wildman–Crippen LogP) is 1.05. The first kappa shape index (κ1) is 13.6. The highest BCUT2D eigenvalue weighted by molar-refractivity contribution is 5.86. The SMILES string of the molecule is CCN(C)C(=O)N(CC(N)=NO)C1CCCC1. The van der Waals surface area contributed by atoms with Crippen LogP contribution in [-0.4, -0.2) is 53.1 Å². The summed E-state index contributed by atoms with van der Waals surface area (Å²) >= 11 is 0. The molecule has 1 saturated carbocycles. The van der Waals surface area contributed by atoms with Crippen molar-refractivity contribution in [3.8, 4) is 0 Å². The van der Waals surface area contributed by atoms with Crippen LogP contribution in [0.5, 0.6) is 0 Å². The fourth-order valence-corrected chi connectivity index (χ4v) is 2.13. The average Bonchev–Trinajstić information content (AvgIpc) is 2.87. The molecule has 98 valence electrons. The van der Waals surface area contributed by atoms with Crippen molar-refractivity contribution in [2.24, 2.45) is 10.9 Å². The third kappa shape index (κ3) is 3.51. The summed E-state index contributed by atoms with van der Waals surface area (Å²) in [5, 5.41) is 11.6. The first-order valence-electron chi connectivity index (χ1n) is 6.08. The quantitative estimate of drug-likeness (QED) is 0.334. The van der Waals surface area contributed by atoms with Gasteiger partial charge in [0.15, 0.2) is 5.84 Å². The van der Waals surface area contributed by atoms with Crippen molar-refractivity contribution in [1.82, 2.24) is 9.80 Å². The number of urea groups is 1. The second-order valence-electron chi connectivity index (χ2n) is 4.45. The van der Waals surface area contributed by atoms with Crippen molar-refractivity contribution in [2.75, 3.05) is 20.1 Å². The third-order valence-electron chi connectivity index (χ3n) is 3.27. The molecule has 0 aromatic carbocycles. The Bertz CT molecular complexity index is 287. The largest absolute Gasteiger partial charge is 0.409 e. The van der Waals surface area contributed by atoms with Gasteiger partial charge in [0.05, 0.1) is 6.54 Å². The van der Waals surface area contributed by atoms with E-state index in [9.17, 15) is 4.79 Å². The highest BCUT2D eigenvalue weighted by atomic mass is 16.4. The Kier molecular flexibility index (Phi) is 5.06. The molecule has 0 aromatic rings. The van der Waals surface area contributed by atoms with Crippen LogP contribution < -0.4 is 5.73 Å². The van der Waals surface area contributed by atoms with E-state index in [1.54, 1.807) is 16.8 Å². The van der Waals surface area contributed by atoms with Gasteiger partial charge in [-0.2, -0.15) is 0 Å². The molecule has 1 rings (SSSR count). The molecular weight excluding hydrogens is 220 g/mol. The van der Waals surface area contributed by atoms with E-state index in [1.165, 1.54) is 0 Å². The number of nitrogens with two attached hydrogens (primary N) is 1. The second-order valence-corrected chi connectivity index (χ2v) is 4.45. The maximum Gasteiger partial charge on any atom is 0.320 e. The van der Waals surface area contributed by atoms with Gasteiger partial charge in [-0.3, -0.25) is 0 Å². The molecule has 0 aromatic heterocycles. The van der Waals surface area contributed by atoms with E-state index in [-0.39, 0.29) is 24.5 Å². The Morgan fingerprint density at radius 3 is 2.53 bits per heavy atom. The van der Waals surface area contributed by atoms with Crippen molar-refractivity contribution >= 4 is 11.9 Å². The Hall–Kier alpha value is -1.46. The number of hydrogen-bond acceptors (Lipinski definition) is 3. The molecule has 1 aliphatic carbocycles. The number of rotatable bonds is 4. The van der Waals surface area contributed by atoms with Crippen molar-refractivity contribution in [1.29, 1.82) is 0 Å². The number of carbonyl (C=O) groups is 1. The molecule has 0 heterocycles. The van der Waals surface area contributed by atoms with Gasteiger partial charge in [0.25, 0.3) is 0 Å². The van der Waals surface area contributed by atoms with Crippen molar-refractivity contribution < 1.29 is 10.0 Å². The van der Waals surface area contributed by atoms with E-state index in [1.807, 2.05) is 6.92 Å². The smallest absolute Gasteiger partial charge is 0.320 e. The van der Waals surface area contributed by atoms with Crippen LogP contribution in [0.2, 0.25) is 0 Å². The van der Waals surface area contributed by atoms with Gasteiger partial charge in [-0.25, -0.2) is 4.79 Å². The number of hydrogen-bond donors (Lipinski definition) is 2. The molecule has 6 nitrogen and oxygen atoms in total. The predicted molar refractivity (Wildman–Crippen MR) is 66.1 cm³/mol. The lowest BCUT2D eigenvalue weighted by molar-refractivity contribution is 0.152. The topological polar surface area (TPSA) is 82.2 Å². The lowest BCUT2D eigenvalue weighted by Crippen LogP contribution is -2.49. The molecule has 0 radical (unpaired) electrons. The van der Waals surface area contributed by atoms with E-state index in [2.05, 4.69) is 5.16 Å². The number of carbonyl (C=O) groups excluding carboxylic acids is 1. The van der Waals surface area contributed by atoms with Crippen LogP contribution in [0.15, 0.2) is 5.16 Å². The van der Waals surface area contributed by atoms with Crippen LogP contribution in [0.3, 0.4) is 0 Å². The summed E-state index contributed by atoms with van der Waals surface area (Å²) in [4.78, 5) is 15.5. The first-order chi connectivity index (χ1) is 8.10. The first-order valence-corrected chi connectivity index (χ1v) is 6.08. The summed E-state index contributed by atoms with van der Waals surface area (Å²) in [6.07, 6.45) is 4.28. The minimum absolute atomic E-state index is 0.0500. The molecule has 1 aliphatic rings. The van der Waals surface area contributed by atoms with E-state index < -0.39 is 0 Å². The van der Waals surface area contributed by atoms with Crippen LogP contribution in [0.25, 0.3) is 0 Å². The highest BCUT2D eigenvalue weighted by Crippen LogP contribution is 2.24. The molecule has 0 spiro atoms. The van der Waals surface area contributed by atoms with Gasteiger partial charge in [-0.05, 0) is 19.8 Å². The maximum absolute atomic E-state index is 12.2. The molecular formula is C11H22N4O2. The lowest BCUT2D eigenvalue weighted by atomic mass is 10.2. The Morgan fingerprint density at radius 1 is 1.47 bits per heavy atom. The maximum atomic E-state index is 12.2. The fraction of sp³-hybridized carbons (Fsp3) is 0.818. The Morgan fingerprint density at radius 2 is 2.06 bits per heavy atom. The summed E-state index contributed by atoms with van der Waals surface area (Å²) in [5.41, 5.74) is 5.51. The summed E-state index contributed by atoms with van der Waals surface area (Å²) in [6.45, 7) is 2.77. The lowest BCUT2D eigenvalue weighted by Gasteiger charge is -2.32. The number of nitrogens with zero attached hydrogens (tertiary/aromatic N) is 3. The molecule has 0 saturated heterocycles. The molecule has 2 amide bonds. The summed E-state index contributed by atoms with van der Waals surface area (Å²) in [5.74, 6) is 0.0785. The molecule has 0 atom stereocenters. The number of amides is 2. The highest BCUT2D eigenvalue weighted by Gasteiger charge is 2.28. The van der Waals surface area contributed by atoms with Gasteiger partial charge in [-0.1, -0.05) is 18.0 Å². The molecule has 0 bridgehead atoms. The zero-order valence-corrected chi connectivity index (χ0v) is 10.6. The molecule has 6 heteroatoms. The van der Waals surface area contributed by atoms with E-state index in [0.29, 0.717) is 6.54 Å². The summed E-state index contributed by atoms with van der Waals surface area (Å²) in [7, 11) is 1.76. The Labute approximate surface area is 102 Å². The summed E-state index contributed by atoms with van der Waals surface area (Å²) in [6, 6.07) is 0.169. The summed E-state index contributed by atoms with van der Waals surface area (Å²) < 4.78 is 0. The van der Waals surface area contributed by atoms with E-state index in [4.69, 9.17) is 10.9 Å². The minimum Gasteiger partial charge on any atom is -0.409 e. The molecule has 0 aliphatic heterocycles. The zero-order chi connectivity index (χ0) is 12.8. The normalized spacial score (nSPS) is 17.2. The van der Waals surface area contributed by atoms with Crippen LogP contribution in [0.1, 0.15) is 32.6 Å². The average molecular weight is 242 g/mol. The van der Waals surface area contributed by atoms with Crippen LogP contribution in [0, 0.1) is 0 Å².